The zero-order valence-corrected chi connectivity index (χ0v) is 15.0. The van der Waals surface area contributed by atoms with Gasteiger partial charge < -0.3 is 9.47 Å². The Bertz CT molecular complexity index is 1000. The maximum Gasteiger partial charge on any atom is 0.343 e. The molecule has 1 aliphatic carbocycles. The Morgan fingerprint density at radius 2 is 1.29 bits per heavy atom. The molecular weight excluding hydrogens is 360 g/mol. The Morgan fingerprint density at radius 1 is 0.786 bits per heavy atom. The van der Waals surface area contributed by atoms with E-state index >= 15 is 0 Å². The SMILES string of the molecule is CCC1=C(OC(=O)c2ccccc2)C(=O)C=C(OC(=O)c2ccccc2)C1=O. The molecule has 0 amide bonds. The summed E-state index contributed by atoms with van der Waals surface area (Å²) < 4.78 is 10.3. The van der Waals surface area contributed by atoms with E-state index in [1.54, 1.807) is 43.3 Å². The molecule has 0 saturated carbocycles. The van der Waals surface area contributed by atoms with Crippen LogP contribution in [0.5, 0.6) is 0 Å². The molecule has 28 heavy (non-hydrogen) atoms. The first-order chi connectivity index (χ1) is 13.5. The molecule has 3 rings (SSSR count). The summed E-state index contributed by atoms with van der Waals surface area (Å²) in [6.45, 7) is 1.64. The Kier molecular flexibility index (Phi) is 5.60. The van der Waals surface area contributed by atoms with Crippen molar-refractivity contribution in [1.29, 1.82) is 0 Å². The average molecular weight is 376 g/mol. The van der Waals surface area contributed by atoms with Crippen molar-refractivity contribution < 1.29 is 28.7 Å². The average Bonchev–Trinajstić information content (AvgIpc) is 2.73. The standard InChI is InChI=1S/C22H16O6/c1-2-16-19(24)18(27-21(25)14-9-5-3-6-10-14)13-17(23)20(16)28-22(26)15-11-7-4-8-12-15/h3-13H,2H2,1H3. The molecule has 0 fully saturated rings. The lowest BCUT2D eigenvalue weighted by Gasteiger charge is -2.17. The van der Waals surface area contributed by atoms with Gasteiger partial charge in [0.2, 0.25) is 11.6 Å². The van der Waals surface area contributed by atoms with Gasteiger partial charge in [-0.1, -0.05) is 43.3 Å². The number of hydrogen-bond acceptors (Lipinski definition) is 6. The zero-order valence-electron chi connectivity index (χ0n) is 15.0. The predicted octanol–water partition coefficient (Wildman–Crippen LogP) is 3.40. The van der Waals surface area contributed by atoms with Crippen LogP contribution >= 0.6 is 0 Å². The third-order valence-corrected chi connectivity index (χ3v) is 4.03. The molecule has 1 aliphatic rings. The number of hydrogen-bond donors (Lipinski definition) is 0. The quantitative estimate of drug-likeness (QED) is 0.587. The minimum absolute atomic E-state index is 0.0207. The van der Waals surface area contributed by atoms with E-state index in [4.69, 9.17) is 9.47 Å². The molecule has 0 heterocycles. The molecule has 0 bridgehead atoms. The van der Waals surface area contributed by atoms with Crippen LogP contribution in [0, 0.1) is 0 Å². The van der Waals surface area contributed by atoms with E-state index in [1.807, 2.05) is 0 Å². The van der Waals surface area contributed by atoms with Crippen molar-refractivity contribution >= 4 is 23.5 Å². The maximum atomic E-state index is 12.7. The Morgan fingerprint density at radius 3 is 1.79 bits per heavy atom. The highest BCUT2D eigenvalue weighted by molar-refractivity contribution is 6.22. The molecule has 2 aromatic carbocycles. The normalized spacial score (nSPS) is 13.8. The van der Waals surface area contributed by atoms with E-state index in [0.29, 0.717) is 0 Å². The fourth-order valence-corrected chi connectivity index (χ4v) is 2.62. The van der Waals surface area contributed by atoms with Crippen LogP contribution in [0.4, 0.5) is 0 Å². The summed E-state index contributed by atoms with van der Waals surface area (Å²) in [5, 5.41) is 0. The molecule has 0 saturated heterocycles. The van der Waals surface area contributed by atoms with E-state index < -0.39 is 29.3 Å². The fraction of sp³-hybridized carbons (Fsp3) is 0.0909. The van der Waals surface area contributed by atoms with Gasteiger partial charge in [-0.25, -0.2) is 9.59 Å². The second-order valence-electron chi connectivity index (χ2n) is 5.87. The van der Waals surface area contributed by atoms with Crippen molar-refractivity contribution in [3.63, 3.8) is 0 Å². The second kappa shape index (κ2) is 8.26. The monoisotopic (exact) mass is 376 g/mol. The number of esters is 2. The molecule has 0 radical (unpaired) electrons. The third kappa shape index (κ3) is 3.96. The minimum Gasteiger partial charge on any atom is -0.419 e. The van der Waals surface area contributed by atoms with Gasteiger partial charge in [-0.3, -0.25) is 9.59 Å². The number of Topliss-reactive ketones (excluding diaryl/α,β-unsaturated/α-hetero) is 1. The molecule has 140 valence electrons. The Labute approximate surface area is 161 Å². The van der Waals surface area contributed by atoms with Crippen LogP contribution in [0.25, 0.3) is 0 Å². The van der Waals surface area contributed by atoms with Crippen LogP contribution in [0.3, 0.4) is 0 Å². The lowest BCUT2D eigenvalue weighted by Crippen LogP contribution is -2.25. The Balaban J connectivity index is 1.82. The summed E-state index contributed by atoms with van der Waals surface area (Å²) in [4.78, 5) is 49.5. The molecule has 0 spiro atoms. The van der Waals surface area contributed by atoms with E-state index in [0.717, 1.165) is 6.08 Å². The van der Waals surface area contributed by atoms with Crippen LogP contribution in [-0.2, 0) is 19.1 Å². The summed E-state index contributed by atoms with van der Waals surface area (Å²) >= 11 is 0. The van der Waals surface area contributed by atoms with Gasteiger partial charge in [0, 0.05) is 6.08 Å². The first-order valence-corrected chi connectivity index (χ1v) is 8.59. The van der Waals surface area contributed by atoms with Gasteiger partial charge in [-0.15, -0.1) is 0 Å². The molecule has 0 unspecified atom stereocenters. The van der Waals surface area contributed by atoms with Crippen LogP contribution < -0.4 is 0 Å². The molecular formula is C22H16O6. The topological polar surface area (TPSA) is 86.7 Å². The maximum absolute atomic E-state index is 12.7. The van der Waals surface area contributed by atoms with E-state index in [1.165, 1.54) is 24.3 Å². The number of ketones is 2. The lowest BCUT2D eigenvalue weighted by atomic mass is 9.97. The van der Waals surface area contributed by atoms with Crippen molar-refractivity contribution in [3.05, 3.63) is 95.0 Å². The van der Waals surface area contributed by atoms with Gasteiger partial charge in [0.25, 0.3) is 0 Å². The summed E-state index contributed by atoms with van der Waals surface area (Å²) in [5.41, 5.74) is 0.468. The van der Waals surface area contributed by atoms with E-state index in [9.17, 15) is 19.2 Å². The highest BCUT2D eigenvalue weighted by atomic mass is 16.5. The van der Waals surface area contributed by atoms with Gasteiger partial charge >= 0.3 is 11.9 Å². The first-order valence-electron chi connectivity index (χ1n) is 8.59. The first kappa shape index (κ1) is 19.0. The number of benzene rings is 2. The summed E-state index contributed by atoms with van der Waals surface area (Å²) in [7, 11) is 0. The van der Waals surface area contributed by atoms with Crippen molar-refractivity contribution in [2.75, 3.05) is 0 Å². The molecule has 0 N–H and O–H groups in total. The minimum atomic E-state index is -0.756. The van der Waals surface area contributed by atoms with Crippen molar-refractivity contribution in [2.24, 2.45) is 0 Å². The number of allylic oxidation sites excluding steroid dienone is 2. The summed E-state index contributed by atoms with van der Waals surface area (Å²) in [6.07, 6.45) is 0.998. The lowest BCUT2D eigenvalue weighted by molar-refractivity contribution is -0.119. The largest absolute Gasteiger partial charge is 0.419 e. The summed E-state index contributed by atoms with van der Waals surface area (Å²) in [6, 6.07) is 16.2. The fourth-order valence-electron chi connectivity index (χ4n) is 2.62. The number of carbonyl (C=O) groups excluding carboxylic acids is 4. The third-order valence-electron chi connectivity index (χ3n) is 4.03. The molecule has 0 aliphatic heterocycles. The van der Waals surface area contributed by atoms with Crippen LogP contribution in [0.15, 0.2) is 83.8 Å². The van der Waals surface area contributed by atoms with Crippen molar-refractivity contribution in [1.82, 2.24) is 0 Å². The number of rotatable bonds is 5. The molecule has 6 heteroatoms. The highest BCUT2D eigenvalue weighted by Crippen LogP contribution is 2.25. The van der Waals surface area contributed by atoms with Gasteiger partial charge in [-0.2, -0.15) is 0 Å². The van der Waals surface area contributed by atoms with Crippen molar-refractivity contribution in [3.8, 4) is 0 Å². The second-order valence-corrected chi connectivity index (χ2v) is 5.87. The van der Waals surface area contributed by atoms with Crippen LogP contribution in [-0.4, -0.2) is 23.5 Å². The van der Waals surface area contributed by atoms with E-state index in [2.05, 4.69) is 0 Å². The van der Waals surface area contributed by atoms with Gasteiger partial charge in [0.05, 0.1) is 16.7 Å². The predicted molar refractivity (Wildman–Crippen MR) is 99.1 cm³/mol. The molecule has 2 aromatic rings. The van der Waals surface area contributed by atoms with Crippen LogP contribution in [0.1, 0.15) is 34.1 Å². The van der Waals surface area contributed by atoms with E-state index in [-0.39, 0.29) is 28.9 Å². The highest BCUT2D eigenvalue weighted by Gasteiger charge is 2.33. The molecule has 6 nitrogen and oxygen atoms in total. The molecule has 0 aromatic heterocycles. The van der Waals surface area contributed by atoms with Gasteiger partial charge in [0.15, 0.2) is 11.5 Å². The number of carbonyl (C=O) groups is 4. The number of ether oxygens (including phenoxy) is 2. The zero-order chi connectivity index (χ0) is 20.1. The Hall–Kier alpha value is -3.80. The van der Waals surface area contributed by atoms with Gasteiger partial charge in [0.1, 0.15) is 0 Å². The van der Waals surface area contributed by atoms with Crippen molar-refractivity contribution in [2.45, 2.75) is 13.3 Å². The van der Waals surface area contributed by atoms with Crippen LogP contribution in [0.2, 0.25) is 0 Å². The van der Waals surface area contributed by atoms with Gasteiger partial charge in [-0.05, 0) is 30.7 Å². The smallest absolute Gasteiger partial charge is 0.343 e. The molecule has 0 atom stereocenters. The summed E-state index contributed by atoms with van der Waals surface area (Å²) in [5.74, 6) is -3.62.